The molecule has 1 aliphatic rings. The SMILES string of the molecule is CCc1ccc(/C=C2\SC(=Nc3ccc(C)cc3O)N(C)C2=O)cc1. The lowest BCUT2D eigenvalue weighted by Crippen LogP contribution is -2.23. The first-order valence-electron chi connectivity index (χ1n) is 8.13. The molecule has 25 heavy (non-hydrogen) atoms. The number of hydrogen-bond donors (Lipinski definition) is 1. The van der Waals surface area contributed by atoms with Gasteiger partial charge in [0.2, 0.25) is 0 Å². The molecule has 2 aromatic rings. The van der Waals surface area contributed by atoms with Gasteiger partial charge in [0, 0.05) is 7.05 Å². The Balaban J connectivity index is 1.88. The lowest BCUT2D eigenvalue weighted by atomic mass is 10.1. The van der Waals surface area contributed by atoms with Crippen molar-refractivity contribution in [2.75, 3.05) is 7.05 Å². The molecule has 1 amide bonds. The second-order valence-electron chi connectivity index (χ2n) is 5.96. The summed E-state index contributed by atoms with van der Waals surface area (Å²) in [5, 5.41) is 10.6. The number of amides is 1. The molecular weight excluding hydrogens is 332 g/mol. The Morgan fingerprint density at radius 2 is 1.92 bits per heavy atom. The molecule has 4 nitrogen and oxygen atoms in total. The molecule has 0 spiro atoms. The zero-order chi connectivity index (χ0) is 18.0. The van der Waals surface area contributed by atoms with Gasteiger partial charge < -0.3 is 5.11 Å². The Hall–Kier alpha value is -2.53. The minimum Gasteiger partial charge on any atom is -0.506 e. The van der Waals surface area contributed by atoms with Gasteiger partial charge in [-0.25, -0.2) is 4.99 Å². The summed E-state index contributed by atoms with van der Waals surface area (Å²) >= 11 is 1.32. The number of aliphatic imine (C=N–C) groups is 1. The van der Waals surface area contributed by atoms with Crippen LogP contribution in [-0.4, -0.2) is 28.1 Å². The van der Waals surface area contributed by atoms with Gasteiger partial charge in [0.05, 0.1) is 4.91 Å². The molecule has 3 rings (SSSR count). The fourth-order valence-electron chi connectivity index (χ4n) is 2.48. The quantitative estimate of drug-likeness (QED) is 0.828. The Morgan fingerprint density at radius 1 is 1.20 bits per heavy atom. The summed E-state index contributed by atoms with van der Waals surface area (Å²) in [5.74, 6) is 0.0245. The molecule has 0 aliphatic carbocycles. The Kier molecular flexibility index (Phi) is 4.95. The number of thioether (sulfide) groups is 1. The van der Waals surface area contributed by atoms with Gasteiger partial charge in [-0.1, -0.05) is 37.3 Å². The zero-order valence-corrected chi connectivity index (χ0v) is 15.3. The smallest absolute Gasteiger partial charge is 0.266 e. The fourth-order valence-corrected chi connectivity index (χ4v) is 3.46. The normalized spacial score (nSPS) is 17.7. The van der Waals surface area contributed by atoms with E-state index in [2.05, 4.69) is 24.0 Å². The number of phenolic OH excluding ortho intramolecular Hbond substituents is 1. The molecule has 128 valence electrons. The molecule has 0 saturated carbocycles. The highest BCUT2D eigenvalue weighted by Crippen LogP contribution is 2.35. The molecule has 5 heteroatoms. The minimum atomic E-state index is -0.0880. The Morgan fingerprint density at radius 3 is 2.56 bits per heavy atom. The van der Waals surface area contributed by atoms with Gasteiger partial charge in [-0.15, -0.1) is 0 Å². The Bertz CT molecular complexity index is 870. The highest BCUT2D eigenvalue weighted by atomic mass is 32.2. The van der Waals surface area contributed by atoms with Crippen LogP contribution in [0.5, 0.6) is 5.75 Å². The van der Waals surface area contributed by atoms with E-state index in [0.717, 1.165) is 17.5 Å². The summed E-state index contributed by atoms with van der Waals surface area (Å²) in [6.07, 6.45) is 2.87. The number of rotatable bonds is 3. The van der Waals surface area contributed by atoms with E-state index in [0.29, 0.717) is 15.8 Å². The van der Waals surface area contributed by atoms with E-state index in [-0.39, 0.29) is 11.7 Å². The molecule has 1 heterocycles. The van der Waals surface area contributed by atoms with Crippen LogP contribution in [0.4, 0.5) is 5.69 Å². The number of phenols is 1. The molecule has 0 atom stereocenters. The van der Waals surface area contributed by atoms with Crippen molar-refractivity contribution < 1.29 is 9.90 Å². The monoisotopic (exact) mass is 352 g/mol. The maximum Gasteiger partial charge on any atom is 0.266 e. The van der Waals surface area contributed by atoms with E-state index in [1.807, 2.05) is 31.2 Å². The second kappa shape index (κ2) is 7.15. The number of benzene rings is 2. The Labute approximate surface area is 151 Å². The summed E-state index contributed by atoms with van der Waals surface area (Å²) in [4.78, 5) is 19.0. The van der Waals surface area contributed by atoms with E-state index in [9.17, 15) is 9.90 Å². The first kappa shape index (κ1) is 17.3. The molecule has 2 aromatic carbocycles. The summed E-state index contributed by atoms with van der Waals surface area (Å²) in [6, 6.07) is 13.5. The van der Waals surface area contributed by atoms with Crippen LogP contribution in [0.3, 0.4) is 0 Å². The molecule has 1 fully saturated rings. The first-order valence-corrected chi connectivity index (χ1v) is 8.94. The van der Waals surface area contributed by atoms with E-state index < -0.39 is 0 Å². The standard InChI is InChI=1S/C20H20N2O2S/c1-4-14-6-8-15(9-7-14)12-18-19(24)22(3)20(25-18)21-16-10-5-13(2)11-17(16)23/h5-12,23H,4H2,1-3H3/b18-12-,21-20?. The van der Waals surface area contributed by atoms with Crippen LogP contribution < -0.4 is 0 Å². The topological polar surface area (TPSA) is 52.9 Å². The van der Waals surface area contributed by atoms with Crippen LogP contribution in [0.25, 0.3) is 6.08 Å². The van der Waals surface area contributed by atoms with Crippen molar-refractivity contribution >= 4 is 34.6 Å². The zero-order valence-electron chi connectivity index (χ0n) is 14.5. The molecule has 1 N–H and O–H groups in total. The average molecular weight is 352 g/mol. The number of carbonyl (C=O) groups excluding carboxylic acids is 1. The van der Waals surface area contributed by atoms with Crippen molar-refractivity contribution in [1.82, 2.24) is 4.90 Å². The van der Waals surface area contributed by atoms with E-state index in [4.69, 9.17) is 0 Å². The largest absolute Gasteiger partial charge is 0.506 e. The molecule has 0 aromatic heterocycles. The van der Waals surface area contributed by atoms with Crippen LogP contribution in [0.15, 0.2) is 52.4 Å². The first-order chi connectivity index (χ1) is 12.0. The van der Waals surface area contributed by atoms with Crippen LogP contribution in [0.1, 0.15) is 23.6 Å². The fraction of sp³-hybridized carbons (Fsp3) is 0.200. The van der Waals surface area contributed by atoms with Gasteiger partial charge in [0.25, 0.3) is 5.91 Å². The number of aryl methyl sites for hydroxylation is 2. The number of hydrogen-bond acceptors (Lipinski definition) is 4. The van der Waals surface area contributed by atoms with Gasteiger partial charge in [-0.2, -0.15) is 0 Å². The number of likely N-dealkylation sites (N-methyl/N-ethyl adjacent to an activating group) is 1. The van der Waals surface area contributed by atoms with Crippen LogP contribution >= 0.6 is 11.8 Å². The number of aromatic hydroxyl groups is 1. The number of amidine groups is 1. The van der Waals surface area contributed by atoms with Crippen molar-refractivity contribution in [2.24, 2.45) is 4.99 Å². The maximum atomic E-state index is 12.5. The molecule has 0 unspecified atom stereocenters. The number of nitrogens with zero attached hydrogens (tertiary/aromatic N) is 2. The van der Waals surface area contributed by atoms with Crippen molar-refractivity contribution in [2.45, 2.75) is 20.3 Å². The van der Waals surface area contributed by atoms with Gasteiger partial charge >= 0.3 is 0 Å². The number of carbonyl (C=O) groups is 1. The summed E-state index contributed by atoms with van der Waals surface area (Å²) in [5.41, 5.74) is 3.67. The third kappa shape index (κ3) is 3.77. The van der Waals surface area contributed by atoms with Crippen molar-refractivity contribution in [3.05, 3.63) is 64.1 Å². The lowest BCUT2D eigenvalue weighted by Gasteiger charge is -2.08. The third-order valence-corrected chi connectivity index (χ3v) is 5.10. The van der Waals surface area contributed by atoms with Gasteiger partial charge in [-0.05, 0) is 60.0 Å². The maximum absolute atomic E-state index is 12.5. The summed E-state index contributed by atoms with van der Waals surface area (Å²) in [6.45, 7) is 4.02. The summed E-state index contributed by atoms with van der Waals surface area (Å²) < 4.78 is 0. The van der Waals surface area contributed by atoms with E-state index >= 15 is 0 Å². The highest BCUT2D eigenvalue weighted by Gasteiger charge is 2.30. The van der Waals surface area contributed by atoms with Gasteiger partial charge in [0.1, 0.15) is 11.4 Å². The predicted octanol–water partition coefficient (Wildman–Crippen LogP) is 4.50. The predicted molar refractivity (Wildman–Crippen MR) is 104 cm³/mol. The third-order valence-electron chi connectivity index (χ3n) is 4.04. The summed E-state index contributed by atoms with van der Waals surface area (Å²) in [7, 11) is 1.69. The molecule has 0 bridgehead atoms. The van der Waals surface area contributed by atoms with E-state index in [1.54, 1.807) is 19.2 Å². The van der Waals surface area contributed by atoms with Crippen molar-refractivity contribution in [3.8, 4) is 5.75 Å². The van der Waals surface area contributed by atoms with Crippen LogP contribution in [0, 0.1) is 6.92 Å². The van der Waals surface area contributed by atoms with Crippen LogP contribution in [-0.2, 0) is 11.2 Å². The van der Waals surface area contributed by atoms with Gasteiger partial charge in [0.15, 0.2) is 5.17 Å². The molecular formula is C20H20N2O2S. The molecule has 0 radical (unpaired) electrons. The molecule has 1 saturated heterocycles. The van der Waals surface area contributed by atoms with Gasteiger partial charge in [-0.3, -0.25) is 9.69 Å². The average Bonchev–Trinajstić information content (AvgIpc) is 2.86. The lowest BCUT2D eigenvalue weighted by molar-refractivity contribution is -0.121. The molecule has 1 aliphatic heterocycles. The van der Waals surface area contributed by atoms with Crippen LogP contribution in [0.2, 0.25) is 0 Å². The second-order valence-corrected chi connectivity index (χ2v) is 6.97. The minimum absolute atomic E-state index is 0.0880. The highest BCUT2D eigenvalue weighted by molar-refractivity contribution is 8.18. The van der Waals surface area contributed by atoms with Crippen molar-refractivity contribution in [3.63, 3.8) is 0 Å². The van der Waals surface area contributed by atoms with E-state index in [1.165, 1.54) is 22.2 Å². The van der Waals surface area contributed by atoms with Crippen molar-refractivity contribution in [1.29, 1.82) is 0 Å².